The maximum absolute atomic E-state index is 11.2. The molecule has 1 aromatic carbocycles. The number of hydrogen-bond acceptors (Lipinski definition) is 4. The molecule has 1 aliphatic carbocycles. The standard InChI is InChI=1S/C15H15N3O2S/c16-21(19,20)13-8-6-12(7-9-13)17-15-10-5-11-3-1-2-4-14(11)18-15/h3-10H,1-2H2,(H,17,18)(H2,16,19,20). The van der Waals surface area contributed by atoms with Crippen molar-refractivity contribution in [2.24, 2.45) is 5.14 Å². The van der Waals surface area contributed by atoms with Gasteiger partial charge in [0.2, 0.25) is 10.0 Å². The Hall–Kier alpha value is -2.18. The fourth-order valence-corrected chi connectivity index (χ4v) is 2.74. The summed E-state index contributed by atoms with van der Waals surface area (Å²) in [6.45, 7) is 0. The Bertz CT molecular complexity index is 888. The highest BCUT2D eigenvalue weighted by atomic mass is 32.2. The average Bonchev–Trinajstić information content (AvgIpc) is 2.47. The molecule has 0 amide bonds. The van der Waals surface area contributed by atoms with Crippen LogP contribution in [0.4, 0.5) is 11.5 Å². The molecule has 0 unspecified atom stereocenters. The largest absolute Gasteiger partial charge is 0.340 e. The number of nitrogens with two attached hydrogens (primary N) is 1. The lowest BCUT2D eigenvalue weighted by atomic mass is 10.1. The van der Waals surface area contributed by atoms with Crippen LogP contribution in [0.2, 0.25) is 0 Å². The van der Waals surface area contributed by atoms with Gasteiger partial charge in [-0.2, -0.15) is 0 Å². The highest BCUT2D eigenvalue weighted by Crippen LogP contribution is 2.16. The molecule has 5 nitrogen and oxygen atoms in total. The first-order chi connectivity index (χ1) is 10.0. The summed E-state index contributed by atoms with van der Waals surface area (Å²) in [6.07, 6.45) is 6.35. The summed E-state index contributed by atoms with van der Waals surface area (Å²) >= 11 is 0. The molecule has 1 heterocycles. The first kappa shape index (κ1) is 13.8. The summed E-state index contributed by atoms with van der Waals surface area (Å²) in [4.78, 5) is 4.63. The molecule has 0 fully saturated rings. The van der Waals surface area contributed by atoms with Crippen LogP contribution in [0.5, 0.6) is 0 Å². The lowest BCUT2D eigenvalue weighted by molar-refractivity contribution is 0.598. The van der Waals surface area contributed by atoms with Gasteiger partial charge in [0.15, 0.2) is 0 Å². The molecule has 0 saturated carbocycles. The molecule has 21 heavy (non-hydrogen) atoms. The van der Waals surface area contributed by atoms with Gasteiger partial charge in [-0.05, 0) is 54.5 Å². The molecule has 0 saturated heterocycles. The van der Waals surface area contributed by atoms with Gasteiger partial charge in [-0.25, -0.2) is 18.5 Å². The summed E-state index contributed by atoms with van der Waals surface area (Å²) < 4.78 is 22.4. The Morgan fingerprint density at radius 1 is 1.00 bits per heavy atom. The van der Waals surface area contributed by atoms with Crippen LogP contribution in [0, 0.1) is 0 Å². The first-order valence-electron chi connectivity index (χ1n) is 6.60. The second-order valence-electron chi connectivity index (χ2n) is 4.85. The fraction of sp³-hybridized carbons (Fsp3) is 0.133. The van der Waals surface area contributed by atoms with Crippen molar-refractivity contribution in [1.82, 2.24) is 4.98 Å². The van der Waals surface area contributed by atoms with E-state index >= 15 is 0 Å². The lowest BCUT2D eigenvalue weighted by Gasteiger charge is -2.07. The van der Waals surface area contributed by atoms with Gasteiger partial charge in [-0.3, -0.25) is 0 Å². The summed E-state index contributed by atoms with van der Waals surface area (Å²) in [5.41, 5.74) is 0.759. The number of sulfonamides is 1. The Morgan fingerprint density at radius 3 is 2.43 bits per heavy atom. The number of benzene rings is 1. The van der Waals surface area contributed by atoms with E-state index in [2.05, 4.69) is 22.5 Å². The minimum Gasteiger partial charge on any atom is -0.340 e. The molecule has 0 bridgehead atoms. The maximum atomic E-state index is 11.2. The monoisotopic (exact) mass is 301 g/mol. The molecule has 3 N–H and O–H groups in total. The molecule has 3 rings (SSSR count). The van der Waals surface area contributed by atoms with Gasteiger partial charge in [0.25, 0.3) is 0 Å². The van der Waals surface area contributed by atoms with Crippen molar-refractivity contribution in [3.05, 3.63) is 47.0 Å². The van der Waals surface area contributed by atoms with E-state index in [1.165, 1.54) is 12.1 Å². The van der Waals surface area contributed by atoms with E-state index in [1.54, 1.807) is 12.1 Å². The van der Waals surface area contributed by atoms with Gasteiger partial charge in [-0.15, -0.1) is 0 Å². The Kier molecular flexibility index (Phi) is 3.48. The zero-order chi connectivity index (χ0) is 14.9. The van der Waals surface area contributed by atoms with Gasteiger partial charge in [0.05, 0.1) is 10.2 Å². The van der Waals surface area contributed by atoms with E-state index in [0.717, 1.165) is 34.9 Å². The molecule has 0 aliphatic heterocycles. The highest BCUT2D eigenvalue weighted by molar-refractivity contribution is 7.89. The van der Waals surface area contributed by atoms with Gasteiger partial charge in [-0.1, -0.05) is 12.2 Å². The van der Waals surface area contributed by atoms with Crippen LogP contribution in [-0.2, 0) is 10.0 Å². The number of nitrogens with zero attached hydrogens (tertiary/aromatic N) is 1. The summed E-state index contributed by atoms with van der Waals surface area (Å²) in [7, 11) is -3.66. The van der Waals surface area contributed by atoms with E-state index in [-0.39, 0.29) is 4.90 Å². The maximum Gasteiger partial charge on any atom is 0.238 e. The highest BCUT2D eigenvalue weighted by Gasteiger charge is 2.07. The third-order valence-corrected chi connectivity index (χ3v) is 4.21. The predicted molar refractivity (Wildman–Crippen MR) is 82.7 cm³/mol. The Balaban J connectivity index is 1.88. The Labute approximate surface area is 122 Å². The molecule has 2 aromatic rings. The van der Waals surface area contributed by atoms with E-state index in [1.807, 2.05) is 12.1 Å². The third-order valence-electron chi connectivity index (χ3n) is 3.28. The second kappa shape index (κ2) is 5.31. The zero-order valence-corrected chi connectivity index (χ0v) is 12.1. The number of rotatable bonds is 3. The number of nitrogens with one attached hydrogen (secondary N) is 1. The molecule has 0 spiro atoms. The molecule has 0 radical (unpaired) electrons. The van der Waals surface area contributed by atoms with Crippen molar-refractivity contribution in [2.75, 3.05) is 5.32 Å². The van der Waals surface area contributed by atoms with Crippen LogP contribution in [0.25, 0.3) is 12.2 Å². The van der Waals surface area contributed by atoms with Crippen LogP contribution in [-0.4, -0.2) is 13.4 Å². The molecule has 108 valence electrons. The first-order valence-corrected chi connectivity index (χ1v) is 8.14. The van der Waals surface area contributed by atoms with Crippen molar-refractivity contribution in [3.8, 4) is 0 Å². The van der Waals surface area contributed by atoms with Crippen LogP contribution < -0.4 is 21.0 Å². The number of aromatic nitrogens is 1. The molecule has 0 atom stereocenters. The van der Waals surface area contributed by atoms with E-state index in [9.17, 15) is 8.42 Å². The van der Waals surface area contributed by atoms with Crippen molar-refractivity contribution in [2.45, 2.75) is 17.7 Å². The van der Waals surface area contributed by atoms with Crippen LogP contribution in [0.1, 0.15) is 12.8 Å². The summed E-state index contributed by atoms with van der Waals surface area (Å²) in [5.74, 6) is 0.726. The third kappa shape index (κ3) is 3.12. The second-order valence-corrected chi connectivity index (χ2v) is 6.41. The summed E-state index contributed by atoms with van der Waals surface area (Å²) in [6, 6.07) is 10.2. The van der Waals surface area contributed by atoms with Crippen molar-refractivity contribution in [3.63, 3.8) is 0 Å². The molecule has 6 heteroatoms. The van der Waals surface area contributed by atoms with E-state index < -0.39 is 10.0 Å². The van der Waals surface area contributed by atoms with Crippen molar-refractivity contribution in [1.29, 1.82) is 0 Å². The normalized spacial score (nSPS) is 13.8. The SMILES string of the molecule is NS(=O)(=O)c1ccc(Nc2ccc3c(n2)=CCCC=3)cc1. The number of anilines is 2. The van der Waals surface area contributed by atoms with Gasteiger partial charge < -0.3 is 5.32 Å². The topological polar surface area (TPSA) is 85.1 Å². The van der Waals surface area contributed by atoms with Crippen LogP contribution >= 0.6 is 0 Å². The zero-order valence-electron chi connectivity index (χ0n) is 11.3. The van der Waals surface area contributed by atoms with Crippen LogP contribution in [0.15, 0.2) is 41.3 Å². The van der Waals surface area contributed by atoms with Crippen molar-refractivity contribution >= 4 is 33.7 Å². The number of pyridine rings is 1. The van der Waals surface area contributed by atoms with Crippen molar-refractivity contribution < 1.29 is 8.42 Å². The minimum atomic E-state index is -3.66. The van der Waals surface area contributed by atoms with Gasteiger partial charge in [0.1, 0.15) is 5.82 Å². The molecule has 1 aromatic heterocycles. The molecule has 1 aliphatic rings. The smallest absolute Gasteiger partial charge is 0.238 e. The lowest BCUT2D eigenvalue weighted by Crippen LogP contribution is -2.30. The van der Waals surface area contributed by atoms with Gasteiger partial charge in [0, 0.05) is 5.69 Å². The molecular weight excluding hydrogens is 286 g/mol. The molecular formula is C15H15N3O2S. The number of primary sulfonamides is 1. The minimum absolute atomic E-state index is 0.0920. The quantitative estimate of drug-likeness (QED) is 0.879. The predicted octanol–water partition coefficient (Wildman–Crippen LogP) is 0.827. The van der Waals surface area contributed by atoms with E-state index in [4.69, 9.17) is 5.14 Å². The van der Waals surface area contributed by atoms with Crippen LogP contribution in [0.3, 0.4) is 0 Å². The average molecular weight is 301 g/mol. The van der Waals surface area contributed by atoms with Gasteiger partial charge >= 0.3 is 0 Å². The Morgan fingerprint density at radius 2 is 1.71 bits per heavy atom. The summed E-state index contributed by atoms with van der Waals surface area (Å²) in [5, 5.41) is 10.3. The number of hydrogen-bond donors (Lipinski definition) is 2. The van der Waals surface area contributed by atoms with E-state index in [0.29, 0.717) is 0 Å². The fourth-order valence-electron chi connectivity index (χ4n) is 2.23. The number of fused-ring (bicyclic) bond motifs is 1.